The first-order valence-electron chi connectivity index (χ1n) is 10.4. The van der Waals surface area contributed by atoms with Crippen molar-refractivity contribution in [1.29, 1.82) is 0 Å². The molecule has 3 aromatic rings. The Hall–Kier alpha value is -1.66. The molecular formula is C24H29NO2S2. The Morgan fingerprint density at radius 2 is 1.69 bits per heavy atom. The number of ether oxygens (including phenoxy) is 2. The fourth-order valence-electron chi connectivity index (χ4n) is 3.85. The van der Waals surface area contributed by atoms with Crippen LogP contribution in [0.25, 0.3) is 0 Å². The molecule has 3 heterocycles. The molecule has 1 aliphatic rings. The number of piperidine rings is 1. The molecule has 1 aromatic carbocycles. The van der Waals surface area contributed by atoms with Gasteiger partial charge in [-0.2, -0.15) is 22.7 Å². The largest absolute Gasteiger partial charge is 0.493 e. The van der Waals surface area contributed by atoms with Crippen molar-refractivity contribution in [2.24, 2.45) is 0 Å². The lowest BCUT2D eigenvalue weighted by Gasteiger charge is -2.33. The zero-order valence-electron chi connectivity index (χ0n) is 17.0. The second kappa shape index (κ2) is 10.4. The van der Waals surface area contributed by atoms with E-state index in [1.54, 1.807) is 22.7 Å². The summed E-state index contributed by atoms with van der Waals surface area (Å²) in [6.07, 6.45) is 3.67. The quantitative estimate of drug-likeness (QED) is 0.382. The summed E-state index contributed by atoms with van der Waals surface area (Å²) in [5.41, 5.74) is 3.77. The van der Waals surface area contributed by atoms with Gasteiger partial charge in [0.15, 0.2) is 0 Å². The van der Waals surface area contributed by atoms with Gasteiger partial charge >= 0.3 is 0 Å². The SMILES string of the molecule is Cc1ccccc1OCCCN1CCC(OC(c2ccsc2)c2ccsc2)CC1. The van der Waals surface area contributed by atoms with E-state index in [9.17, 15) is 0 Å². The molecule has 1 fully saturated rings. The number of para-hydroxylation sites is 1. The second-order valence-electron chi connectivity index (χ2n) is 7.64. The van der Waals surface area contributed by atoms with Gasteiger partial charge in [-0.1, -0.05) is 18.2 Å². The predicted octanol–water partition coefficient (Wildman–Crippen LogP) is 6.16. The van der Waals surface area contributed by atoms with Crippen molar-refractivity contribution < 1.29 is 9.47 Å². The summed E-state index contributed by atoms with van der Waals surface area (Å²) in [5, 5.41) is 8.71. The average molecular weight is 428 g/mol. The van der Waals surface area contributed by atoms with Gasteiger partial charge in [0.1, 0.15) is 11.9 Å². The normalized spacial score (nSPS) is 15.8. The molecule has 0 bridgehead atoms. The third kappa shape index (κ3) is 5.70. The van der Waals surface area contributed by atoms with Crippen LogP contribution in [0.1, 0.15) is 42.1 Å². The van der Waals surface area contributed by atoms with Gasteiger partial charge in [-0.15, -0.1) is 0 Å². The Morgan fingerprint density at radius 1 is 1.00 bits per heavy atom. The number of aryl methyl sites for hydroxylation is 1. The molecule has 3 nitrogen and oxygen atoms in total. The zero-order valence-corrected chi connectivity index (χ0v) is 18.6. The van der Waals surface area contributed by atoms with Gasteiger partial charge in [0.2, 0.25) is 0 Å². The van der Waals surface area contributed by atoms with Crippen LogP contribution in [0.5, 0.6) is 5.75 Å². The molecule has 1 saturated heterocycles. The minimum atomic E-state index is 0.0755. The molecule has 2 aromatic heterocycles. The smallest absolute Gasteiger partial charge is 0.122 e. The van der Waals surface area contributed by atoms with Crippen molar-refractivity contribution in [2.45, 2.75) is 38.4 Å². The van der Waals surface area contributed by atoms with Crippen molar-refractivity contribution >= 4 is 22.7 Å². The highest BCUT2D eigenvalue weighted by atomic mass is 32.1. The number of hydrogen-bond acceptors (Lipinski definition) is 5. The van der Waals surface area contributed by atoms with E-state index < -0.39 is 0 Å². The molecule has 0 spiro atoms. The first kappa shape index (κ1) is 20.6. The topological polar surface area (TPSA) is 21.7 Å². The summed E-state index contributed by atoms with van der Waals surface area (Å²) in [4.78, 5) is 2.55. The summed E-state index contributed by atoms with van der Waals surface area (Å²) >= 11 is 3.48. The van der Waals surface area contributed by atoms with E-state index in [0.717, 1.165) is 51.3 Å². The lowest BCUT2D eigenvalue weighted by Crippen LogP contribution is -2.38. The summed E-state index contributed by atoms with van der Waals surface area (Å²) in [6.45, 7) is 6.18. The number of thiophene rings is 2. The monoisotopic (exact) mass is 427 g/mol. The summed E-state index contributed by atoms with van der Waals surface area (Å²) < 4.78 is 12.5. The molecule has 29 heavy (non-hydrogen) atoms. The maximum atomic E-state index is 6.59. The van der Waals surface area contributed by atoms with Crippen LogP contribution in [-0.2, 0) is 4.74 Å². The number of rotatable bonds is 9. The Kier molecular flexibility index (Phi) is 7.39. The van der Waals surface area contributed by atoms with Crippen LogP contribution >= 0.6 is 22.7 Å². The van der Waals surface area contributed by atoms with Gasteiger partial charge in [-0.05, 0) is 82.6 Å². The Labute approximate surface area is 181 Å². The molecule has 0 unspecified atom stereocenters. The average Bonchev–Trinajstić information content (AvgIpc) is 3.46. The highest BCUT2D eigenvalue weighted by Gasteiger charge is 2.25. The van der Waals surface area contributed by atoms with Crippen molar-refractivity contribution in [1.82, 2.24) is 4.90 Å². The van der Waals surface area contributed by atoms with Crippen molar-refractivity contribution in [3.05, 3.63) is 74.6 Å². The second-order valence-corrected chi connectivity index (χ2v) is 9.20. The third-order valence-electron chi connectivity index (χ3n) is 5.52. The molecular weight excluding hydrogens is 398 g/mol. The first-order chi connectivity index (χ1) is 14.3. The fourth-order valence-corrected chi connectivity index (χ4v) is 5.20. The molecule has 154 valence electrons. The van der Waals surface area contributed by atoms with Gasteiger partial charge in [-0.3, -0.25) is 0 Å². The highest BCUT2D eigenvalue weighted by molar-refractivity contribution is 7.08. The molecule has 5 heteroatoms. The highest BCUT2D eigenvalue weighted by Crippen LogP contribution is 2.32. The summed E-state index contributed by atoms with van der Waals surface area (Å²) in [6, 6.07) is 12.6. The van der Waals surface area contributed by atoms with Crippen LogP contribution in [0.4, 0.5) is 0 Å². The lowest BCUT2D eigenvalue weighted by atomic mass is 10.0. The van der Waals surface area contributed by atoms with Gasteiger partial charge in [0.05, 0.1) is 12.7 Å². The van der Waals surface area contributed by atoms with Crippen LogP contribution in [-0.4, -0.2) is 37.2 Å². The fraction of sp³-hybridized carbons (Fsp3) is 0.417. The van der Waals surface area contributed by atoms with E-state index in [0.29, 0.717) is 6.10 Å². The van der Waals surface area contributed by atoms with Crippen LogP contribution in [0.15, 0.2) is 57.9 Å². The van der Waals surface area contributed by atoms with E-state index >= 15 is 0 Å². The van der Waals surface area contributed by atoms with E-state index in [1.165, 1.54) is 16.7 Å². The zero-order chi connectivity index (χ0) is 19.9. The van der Waals surface area contributed by atoms with E-state index in [2.05, 4.69) is 63.7 Å². The number of benzene rings is 1. The number of hydrogen-bond donors (Lipinski definition) is 0. The minimum Gasteiger partial charge on any atom is -0.493 e. The Morgan fingerprint density at radius 3 is 2.31 bits per heavy atom. The van der Waals surface area contributed by atoms with E-state index in [1.807, 2.05) is 6.07 Å². The van der Waals surface area contributed by atoms with Crippen molar-refractivity contribution in [3.8, 4) is 5.75 Å². The maximum absolute atomic E-state index is 6.59. The molecule has 0 saturated carbocycles. The molecule has 4 rings (SSSR count). The third-order valence-corrected chi connectivity index (χ3v) is 6.93. The van der Waals surface area contributed by atoms with Crippen LogP contribution in [0, 0.1) is 6.92 Å². The molecule has 0 aliphatic carbocycles. The summed E-state index contributed by atoms with van der Waals surface area (Å²) in [5.74, 6) is 1.01. The molecule has 0 radical (unpaired) electrons. The molecule has 0 atom stereocenters. The standard InChI is InChI=1S/C24H29NO2S2/c1-19-5-2-3-6-23(19)26-14-4-11-25-12-7-22(8-13-25)27-24(20-9-15-28-17-20)21-10-16-29-18-21/h2-3,5-6,9-10,15-18,22,24H,4,7-8,11-14H2,1H3. The first-order valence-corrected chi connectivity index (χ1v) is 12.3. The Balaban J connectivity index is 1.20. The van der Waals surface area contributed by atoms with Gasteiger partial charge in [0, 0.05) is 19.6 Å². The van der Waals surface area contributed by atoms with Crippen LogP contribution in [0.2, 0.25) is 0 Å². The van der Waals surface area contributed by atoms with Crippen molar-refractivity contribution in [2.75, 3.05) is 26.2 Å². The van der Waals surface area contributed by atoms with Crippen molar-refractivity contribution in [3.63, 3.8) is 0 Å². The van der Waals surface area contributed by atoms with Crippen LogP contribution in [0.3, 0.4) is 0 Å². The molecule has 0 N–H and O–H groups in total. The van der Waals surface area contributed by atoms with Gasteiger partial charge in [0.25, 0.3) is 0 Å². The van der Waals surface area contributed by atoms with E-state index in [4.69, 9.17) is 9.47 Å². The number of likely N-dealkylation sites (tertiary alicyclic amines) is 1. The number of nitrogens with zero attached hydrogens (tertiary/aromatic N) is 1. The van der Waals surface area contributed by atoms with Gasteiger partial charge < -0.3 is 14.4 Å². The predicted molar refractivity (Wildman–Crippen MR) is 122 cm³/mol. The summed E-state index contributed by atoms with van der Waals surface area (Å²) in [7, 11) is 0. The lowest BCUT2D eigenvalue weighted by molar-refractivity contribution is -0.0270. The Bertz CT molecular complexity index is 805. The minimum absolute atomic E-state index is 0.0755. The van der Waals surface area contributed by atoms with E-state index in [-0.39, 0.29) is 6.10 Å². The van der Waals surface area contributed by atoms with Crippen LogP contribution < -0.4 is 4.74 Å². The molecule has 1 aliphatic heterocycles. The molecule has 0 amide bonds. The maximum Gasteiger partial charge on any atom is 0.122 e. The van der Waals surface area contributed by atoms with Gasteiger partial charge in [-0.25, -0.2) is 0 Å².